The molecule has 0 saturated carbocycles. The minimum atomic E-state index is -0.687. The first kappa shape index (κ1) is 26.0. The first-order chi connectivity index (χ1) is 18.2. The molecule has 0 saturated heterocycles. The van der Waals surface area contributed by atoms with Crippen molar-refractivity contribution in [3.8, 4) is 23.0 Å². The molecule has 0 radical (unpaired) electrons. The van der Waals surface area contributed by atoms with E-state index >= 15 is 0 Å². The Kier molecular flexibility index (Phi) is 7.73. The summed E-state index contributed by atoms with van der Waals surface area (Å²) in [6.07, 6.45) is 0. The smallest absolute Gasteiger partial charge is 0.291 e. The summed E-state index contributed by atoms with van der Waals surface area (Å²) >= 11 is 6.02. The Labute approximate surface area is 219 Å². The lowest BCUT2D eigenvalue weighted by Gasteiger charge is -2.11. The number of nitrogens with zero attached hydrogens (tertiary/aromatic N) is 2. The van der Waals surface area contributed by atoms with Gasteiger partial charge in [0.2, 0.25) is 0 Å². The highest BCUT2D eigenvalue weighted by Gasteiger charge is 2.18. The van der Waals surface area contributed by atoms with Crippen molar-refractivity contribution in [2.45, 2.75) is 6.61 Å². The molecule has 4 aromatic rings. The highest BCUT2D eigenvalue weighted by Crippen LogP contribution is 2.35. The van der Waals surface area contributed by atoms with Crippen molar-refractivity contribution < 1.29 is 33.3 Å². The van der Waals surface area contributed by atoms with Crippen LogP contribution < -0.4 is 19.5 Å². The van der Waals surface area contributed by atoms with Crippen LogP contribution in [-0.2, 0) is 6.61 Å². The van der Waals surface area contributed by atoms with E-state index < -0.39 is 15.8 Å². The van der Waals surface area contributed by atoms with E-state index in [0.717, 1.165) is 0 Å². The average Bonchev–Trinajstić information content (AvgIpc) is 3.37. The quantitative estimate of drug-likeness (QED) is 0.178. The van der Waals surface area contributed by atoms with Gasteiger partial charge in [0.1, 0.15) is 23.9 Å². The highest BCUT2D eigenvalue weighted by molar-refractivity contribution is 6.32. The molecule has 0 aliphatic carbocycles. The third-order valence-electron chi connectivity index (χ3n) is 5.04. The number of furan rings is 1. The number of non-ortho nitro benzene ring substituents is 2. The van der Waals surface area contributed by atoms with Crippen LogP contribution >= 0.6 is 11.6 Å². The maximum absolute atomic E-state index is 12.8. The number of para-hydroxylation sites is 2. The minimum Gasteiger partial charge on any atom is -0.493 e. The van der Waals surface area contributed by atoms with E-state index in [4.69, 9.17) is 30.2 Å². The summed E-state index contributed by atoms with van der Waals surface area (Å²) in [6, 6.07) is 17.1. The number of hydrogen-bond donors (Lipinski definition) is 1. The number of nitro groups is 2. The molecule has 1 aromatic heterocycles. The molecule has 4 rings (SSSR count). The average molecular weight is 540 g/mol. The van der Waals surface area contributed by atoms with Gasteiger partial charge in [-0.3, -0.25) is 25.0 Å². The summed E-state index contributed by atoms with van der Waals surface area (Å²) in [5.41, 5.74) is -0.420. The Balaban J connectivity index is 1.48. The molecule has 13 heteroatoms. The maximum atomic E-state index is 12.8. The second-order valence-electron chi connectivity index (χ2n) is 7.61. The fourth-order valence-corrected chi connectivity index (χ4v) is 3.46. The number of benzene rings is 3. The lowest BCUT2D eigenvalue weighted by Crippen LogP contribution is -2.11. The minimum absolute atomic E-state index is 0.0717. The number of carbonyl (C=O) groups excluding carboxylic acids is 1. The molecule has 0 spiro atoms. The van der Waals surface area contributed by atoms with Gasteiger partial charge in [-0.2, -0.15) is 0 Å². The van der Waals surface area contributed by atoms with Crippen LogP contribution in [0.5, 0.6) is 23.0 Å². The highest BCUT2D eigenvalue weighted by atomic mass is 35.5. The Morgan fingerprint density at radius 2 is 1.66 bits per heavy atom. The predicted octanol–water partition coefficient (Wildman–Crippen LogP) is 6.38. The first-order valence-electron chi connectivity index (χ1n) is 10.8. The SMILES string of the molecule is COc1ccccc1Oc1cc(NC(=O)c2ccc(COc3cc([N+](=O)[O-])ccc3Cl)o2)cc([N+](=O)[O-])c1. The van der Waals surface area contributed by atoms with Gasteiger partial charge in [0, 0.05) is 18.2 Å². The molecule has 1 N–H and O–H groups in total. The summed E-state index contributed by atoms with van der Waals surface area (Å²) in [7, 11) is 1.46. The second-order valence-corrected chi connectivity index (χ2v) is 8.01. The van der Waals surface area contributed by atoms with Crippen molar-refractivity contribution in [1.82, 2.24) is 0 Å². The number of rotatable bonds is 10. The van der Waals surface area contributed by atoms with E-state index in [0.29, 0.717) is 11.5 Å². The zero-order valence-corrected chi connectivity index (χ0v) is 20.3. The molecule has 0 unspecified atom stereocenters. The van der Waals surface area contributed by atoms with E-state index in [1.807, 2.05) is 0 Å². The van der Waals surface area contributed by atoms with Gasteiger partial charge in [-0.05, 0) is 30.3 Å². The summed E-state index contributed by atoms with van der Waals surface area (Å²) in [4.78, 5) is 34.0. The normalized spacial score (nSPS) is 10.5. The number of nitrogens with one attached hydrogen (secondary N) is 1. The van der Waals surface area contributed by atoms with Crippen molar-refractivity contribution in [2.75, 3.05) is 12.4 Å². The van der Waals surface area contributed by atoms with Crippen molar-refractivity contribution in [3.63, 3.8) is 0 Å². The van der Waals surface area contributed by atoms with Gasteiger partial charge in [-0.1, -0.05) is 23.7 Å². The van der Waals surface area contributed by atoms with Crippen LogP contribution in [0.3, 0.4) is 0 Å². The molecule has 0 atom stereocenters. The zero-order chi connectivity index (χ0) is 27.2. The van der Waals surface area contributed by atoms with Crippen molar-refractivity contribution in [3.05, 3.63) is 110 Å². The molecule has 3 aromatic carbocycles. The van der Waals surface area contributed by atoms with Crippen molar-refractivity contribution in [2.24, 2.45) is 0 Å². The Hall–Kier alpha value is -5.10. The van der Waals surface area contributed by atoms with Crippen LogP contribution in [0.1, 0.15) is 16.3 Å². The fourth-order valence-electron chi connectivity index (χ4n) is 3.29. The number of nitro benzene ring substituents is 2. The molecule has 0 bridgehead atoms. The molecular formula is C25H18ClN3O9. The predicted molar refractivity (Wildman–Crippen MR) is 135 cm³/mol. The summed E-state index contributed by atoms with van der Waals surface area (Å²) in [5.74, 6) is 0.357. The standard InChI is InChI=1S/C25H18ClN3O9/c1-35-21-4-2-3-5-22(21)38-19-11-15(10-17(12-19)29(33)34)27-25(30)23-9-7-18(37-23)14-36-24-13-16(28(31)32)6-8-20(24)26/h2-13H,14H2,1H3,(H,27,30). The molecule has 194 valence electrons. The molecular weight excluding hydrogens is 522 g/mol. The summed E-state index contributed by atoms with van der Waals surface area (Å²) in [5, 5.41) is 25.1. The van der Waals surface area contributed by atoms with Gasteiger partial charge in [0.15, 0.2) is 17.3 Å². The fraction of sp³-hybridized carbons (Fsp3) is 0.0800. The molecule has 0 aliphatic rings. The number of halogens is 1. The van der Waals surface area contributed by atoms with Crippen LogP contribution in [-0.4, -0.2) is 22.9 Å². The summed E-state index contributed by atoms with van der Waals surface area (Å²) in [6.45, 7) is -0.165. The Morgan fingerprint density at radius 1 is 0.921 bits per heavy atom. The van der Waals surface area contributed by atoms with E-state index in [9.17, 15) is 25.0 Å². The molecule has 0 aliphatic heterocycles. The monoisotopic (exact) mass is 539 g/mol. The summed E-state index contributed by atoms with van der Waals surface area (Å²) < 4.78 is 22.0. The van der Waals surface area contributed by atoms with Gasteiger partial charge in [0.05, 0.1) is 39.8 Å². The van der Waals surface area contributed by atoms with Gasteiger partial charge < -0.3 is 23.9 Å². The largest absolute Gasteiger partial charge is 0.493 e. The van der Waals surface area contributed by atoms with E-state index in [1.54, 1.807) is 24.3 Å². The van der Waals surface area contributed by atoms with Crippen molar-refractivity contribution >= 4 is 34.6 Å². The van der Waals surface area contributed by atoms with E-state index in [2.05, 4.69) is 5.32 Å². The number of hydrogen-bond acceptors (Lipinski definition) is 9. The number of ether oxygens (including phenoxy) is 3. The van der Waals surface area contributed by atoms with Crippen LogP contribution in [0.4, 0.5) is 17.1 Å². The van der Waals surface area contributed by atoms with Crippen LogP contribution in [0, 0.1) is 20.2 Å². The van der Waals surface area contributed by atoms with Gasteiger partial charge in [-0.15, -0.1) is 0 Å². The lowest BCUT2D eigenvalue weighted by molar-refractivity contribution is -0.385. The third-order valence-corrected chi connectivity index (χ3v) is 5.35. The Morgan fingerprint density at radius 3 is 2.37 bits per heavy atom. The van der Waals surface area contributed by atoms with Gasteiger partial charge >= 0.3 is 0 Å². The molecule has 38 heavy (non-hydrogen) atoms. The van der Waals surface area contributed by atoms with E-state index in [-0.39, 0.29) is 51.7 Å². The molecule has 0 fully saturated rings. The number of carbonyl (C=O) groups is 1. The maximum Gasteiger partial charge on any atom is 0.291 e. The van der Waals surface area contributed by atoms with Crippen LogP contribution in [0.25, 0.3) is 0 Å². The second kappa shape index (κ2) is 11.3. The number of methoxy groups -OCH3 is 1. The molecule has 12 nitrogen and oxygen atoms in total. The lowest BCUT2D eigenvalue weighted by atomic mass is 10.2. The zero-order valence-electron chi connectivity index (χ0n) is 19.6. The topological polar surface area (TPSA) is 156 Å². The van der Waals surface area contributed by atoms with Gasteiger partial charge in [-0.25, -0.2) is 0 Å². The number of anilines is 1. The van der Waals surface area contributed by atoms with Crippen molar-refractivity contribution in [1.29, 1.82) is 0 Å². The molecule has 1 heterocycles. The number of amides is 1. The Bertz CT molecular complexity index is 1520. The third kappa shape index (κ3) is 6.17. The molecule has 1 amide bonds. The van der Waals surface area contributed by atoms with Gasteiger partial charge in [0.25, 0.3) is 17.3 Å². The van der Waals surface area contributed by atoms with E-state index in [1.165, 1.54) is 55.6 Å². The first-order valence-corrected chi connectivity index (χ1v) is 11.2. The van der Waals surface area contributed by atoms with Crippen LogP contribution in [0.2, 0.25) is 5.02 Å². The van der Waals surface area contributed by atoms with Crippen LogP contribution in [0.15, 0.2) is 77.2 Å².